The molecule has 0 aliphatic carbocycles. The van der Waals surface area contributed by atoms with Gasteiger partial charge in [0.15, 0.2) is 18.3 Å². The third kappa shape index (κ3) is 7.65. The smallest absolute Gasteiger partial charge is 0.294 e. The van der Waals surface area contributed by atoms with Crippen LogP contribution in [-0.2, 0) is 19.4 Å². The molecule has 0 fully saturated rings. The van der Waals surface area contributed by atoms with Gasteiger partial charge in [0.1, 0.15) is 12.7 Å². The van der Waals surface area contributed by atoms with E-state index in [2.05, 4.69) is 19.4 Å². The van der Waals surface area contributed by atoms with E-state index in [-0.39, 0.29) is 0 Å². The molecule has 2 N–H and O–H groups in total. The maximum Gasteiger partial charge on any atom is 0.294 e. The van der Waals surface area contributed by atoms with Gasteiger partial charge in [-0.2, -0.15) is 0 Å². The predicted octanol–water partition coefficient (Wildman–Crippen LogP) is -2.72. The van der Waals surface area contributed by atoms with Gasteiger partial charge in [-0.3, -0.25) is 0 Å². The minimum atomic E-state index is -2.45. The second-order valence-corrected chi connectivity index (χ2v) is 3.72. The van der Waals surface area contributed by atoms with Gasteiger partial charge in [-0.05, 0) is 0 Å². The normalized spacial score (nSPS) is 15.2. The Labute approximate surface area is 129 Å². The van der Waals surface area contributed by atoms with Crippen molar-refractivity contribution in [3.05, 3.63) is 40.5 Å². The van der Waals surface area contributed by atoms with Gasteiger partial charge in [-0.15, -0.1) is 40.5 Å². The van der Waals surface area contributed by atoms with Gasteiger partial charge in [0, 0.05) is 0 Å². The molecule has 0 aliphatic rings. The Hall–Kier alpha value is -3.28. The Kier molecular flexibility index (Phi) is 8.36. The van der Waals surface area contributed by atoms with Gasteiger partial charge in [0.2, 0.25) is 0 Å². The van der Waals surface area contributed by atoms with Gasteiger partial charge in [0.25, 0.3) is 20.3 Å². The minimum Gasteiger partial charge on any atom is -0.394 e. The van der Waals surface area contributed by atoms with Crippen LogP contribution in [-0.4, -0.2) is 68.2 Å². The molecule has 0 aromatic heterocycles. The van der Waals surface area contributed by atoms with Crippen LogP contribution in [0.5, 0.6) is 0 Å². The fourth-order valence-corrected chi connectivity index (χ4v) is 1.42. The number of hydrogen-bond acceptors (Lipinski definition) is 14. The van der Waals surface area contributed by atoms with Gasteiger partial charge in [-0.1, -0.05) is 0 Å². The molecule has 24 heavy (non-hydrogen) atoms. The Morgan fingerprint density at radius 1 is 0.792 bits per heavy atom. The Morgan fingerprint density at radius 3 is 1.62 bits per heavy atom. The van der Waals surface area contributed by atoms with Crippen molar-refractivity contribution in [1.29, 1.82) is 0 Å². The predicted molar refractivity (Wildman–Crippen MR) is 61.6 cm³/mol. The van der Waals surface area contributed by atoms with Gasteiger partial charge in [0.05, 0.1) is 6.61 Å². The molecule has 0 unspecified atom stereocenters. The van der Waals surface area contributed by atoms with Crippen LogP contribution in [0.2, 0.25) is 0 Å². The first-order valence-electron chi connectivity index (χ1n) is 5.58. The number of aliphatic hydroxyl groups excluding tert-OH is 2. The van der Waals surface area contributed by atoms with Gasteiger partial charge in [-0.25, -0.2) is 0 Å². The molecule has 0 saturated heterocycles. The second kappa shape index (κ2) is 9.68. The minimum absolute atomic E-state index is 1.24. The molecule has 0 aromatic rings. The third-order valence-electron chi connectivity index (χ3n) is 2.24. The van der Waals surface area contributed by atoms with E-state index in [0.29, 0.717) is 0 Å². The van der Waals surface area contributed by atoms with E-state index in [1.165, 1.54) is 0 Å². The summed E-state index contributed by atoms with van der Waals surface area (Å²) >= 11 is 0. The highest BCUT2D eigenvalue weighted by Gasteiger charge is 2.42. The lowest BCUT2D eigenvalue weighted by Gasteiger charge is -2.30. The lowest BCUT2D eigenvalue weighted by Crippen LogP contribution is -2.53. The zero-order valence-electron chi connectivity index (χ0n) is 11.3. The first-order chi connectivity index (χ1) is 11.1. The number of rotatable bonds is 13. The van der Waals surface area contributed by atoms with Crippen molar-refractivity contribution in [2.24, 2.45) is 0 Å². The van der Waals surface area contributed by atoms with Crippen LogP contribution in [0.15, 0.2) is 0 Å². The van der Waals surface area contributed by atoms with Crippen molar-refractivity contribution in [3.63, 3.8) is 0 Å². The van der Waals surface area contributed by atoms with E-state index in [1.54, 1.807) is 0 Å². The lowest BCUT2D eigenvalue weighted by molar-refractivity contribution is -0.824. The van der Waals surface area contributed by atoms with Gasteiger partial charge >= 0.3 is 0 Å². The van der Waals surface area contributed by atoms with Crippen LogP contribution < -0.4 is 0 Å². The van der Waals surface area contributed by atoms with Crippen molar-refractivity contribution in [2.45, 2.75) is 24.4 Å². The molecular weight excluding hydrogens is 352 g/mol. The summed E-state index contributed by atoms with van der Waals surface area (Å²) in [5, 5.41) is 53.5. The number of aliphatic hydroxyl groups is 2. The van der Waals surface area contributed by atoms with Crippen molar-refractivity contribution >= 4 is 0 Å². The standard InChI is InChI=1S/C6H10N4O14/c11-1-3(12)5(23-9(17)18)6(24-10(19)20)4(22-8(15)16)2-21-7(13)14/h3-6,11-12H,1-2H2/t3-,4+,5-,6-/m1/s1. The average Bonchev–Trinajstić information content (AvgIpc) is 2.45. The summed E-state index contributed by atoms with van der Waals surface area (Å²) in [6.07, 6.45) is -9.33. The van der Waals surface area contributed by atoms with Crippen molar-refractivity contribution in [2.75, 3.05) is 13.2 Å². The number of hydrogen-bond donors (Lipinski definition) is 2. The zero-order chi connectivity index (χ0) is 18.9. The van der Waals surface area contributed by atoms with Crippen LogP contribution in [0.4, 0.5) is 0 Å². The van der Waals surface area contributed by atoms with E-state index in [9.17, 15) is 45.6 Å². The lowest BCUT2D eigenvalue weighted by atomic mass is 10.0. The summed E-state index contributed by atoms with van der Waals surface area (Å²) in [5.74, 6) is 0. The van der Waals surface area contributed by atoms with E-state index in [1.807, 2.05) is 0 Å². The van der Waals surface area contributed by atoms with Crippen LogP contribution in [0.25, 0.3) is 0 Å². The molecule has 0 radical (unpaired) electrons. The molecule has 18 heteroatoms. The second-order valence-electron chi connectivity index (χ2n) is 3.72. The molecule has 18 nitrogen and oxygen atoms in total. The van der Waals surface area contributed by atoms with E-state index in [0.717, 1.165) is 0 Å². The first kappa shape index (κ1) is 20.7. The first-order valence-corrected chi connectivity index (χ1v) is 5.58. The largest absolute Gasteiger partial charge is 0.394 e. The summed E-state index contributed by atoms with van der Waals surface area (Å²) in [5.41, 5.74) is 0. The molecule has 0 aromatic carbocycles. The topological polar surface area (TPSA) is 250 Å². The van der Waals surface area contributed by atoms with E-state index in [4.69, 9.17) is 5.11 Å². The quantitative estimate of drug-likeness (QED) is 0.249. The monoisotopic (exact) mass is 362 g/mol. The summed E-state index contributed by atoms with van der Waals surface area (Å²) in [6.45, 7) is -2.58. The maximum atomic E-state index is 10.5. The summed E-state index contributed by atoms with van der Waals surface area (Å²) < 4.78 is 0. The molecular formula is C6H10N4O14. The molecule has 138 valence electrons. The van der Waals surface area contributed by atoms with Crippen LogP contribution in [0.3, 0.4) is 0 Å². The molecule has 0 rings (SSSR count). The Morgan fingerprint density at radius 2 is 1.25 bits per heavy atom. The Bertz CT molecular complexity index is 470. The van der Waals surface area contributed by atoms with Crippen molar-refractivity contribution < 1.29 is 49.9 Å². The molecule has 0 spiro atoms. The fraction of sp³-hybridized carbons (Fsp3) is 1.00. The molecule has 4 atom stereocenters. The summed E-state index contributed by atoms with van der Waals surface area (Å²) in [6, 6.07) is 0. The van der Waals surface area contributed by atoms with E-state index < -0.39 is 58.0 Å². The third-order valence-corrected chi connectivity index (χ3v) is 2.24. The molecule has 0 aliphatic heterocycles. The van der Waals surface area contributed by atoms with Crippen LogP contribution >= 0.6 is 0 Å². The highest BCUT2D eigenvalue weighted by molar-refractivity contribution is 4.82. The average molecular weight is 362 g/mol. The van der Waals surface area contributed by atoms with Gasteiger partial charge < -0.3 is 29.6 Å². The summed E-state index contributed by atoms with van der Waals surface area (Å²) in [7, 11) is 0. The SMILES string of the molecule is O=[N+]([O-])OC[C@H](O[N+](=O)[O-])[C@@H](O[N+](=O)[O-])[C@H](O[N+](=O)[O-])[C@H](O)CO. The molecule has 0 bridgehead atoms. The number of nitrogens with zero attached hydrogens (tertiary/aromatic N) is 4. The van der Waals surface area contributed by atoms with Crippen molar-refractivity contribution in [3.8, 4) is 0 Å². The summed E-state index contributed by atoms with van der Waals surface area (Å²) in [4.78, 5) is 56.8. The van der Waals surface area contributed by atoms with E-state index >= 15 is 0 Å². The molecule has 0 heterocycles. The van der Waals surface area contributed by atoms with Crippen LogP contribution in [0.1, 0.15) is 0 Å². The van der Waals surface area contributed by atoms with Crippen LogP contribution in [0, 0.1) is 40.5 Å². The Balaban J connectivity index is 5.63. The molecule has 0 amide bonds. The highest BCUT2D eigenvalue weighted by atomic mass is 17.0. The highest BCUT2D eigenvalue weighted by Crippen LogP contribution is 2.17. The molecule has 0 saturated carbocycles. The van der Waals surface area contributed by atoms with Crippen molar-refractivity contribution in [1.82, 2.24) is 0 Å². The zero-order valence-corrected chi connectivity index (χ0v) is 11.3. The fourth-order valence-electron chi connectivity index (χ4n) is 1.42. The maximum absolute atomic E-state index is 10.5.